The molecule has 0 spiro atoms. The molecule has 1 aromatic carbocycles. The summed E-state index contributed by atoms with van der Waals surface area (Å²) in [7, 11) is 0. The quantitative estimate of drug-likeness (QED) is 0.599. The summed E-state index contributed by atoms with van der Waals surface area (Å²) in [6, 6.07) is 5.97. The molecule has 0 amide bonds. The summed E-state index contributed by atoms with van der Waals surface area (Å²) in [6.45, 7) is 4.99. The first-order valence-electron chi connectivity index (χ1n) is 6.21. The highest BCUT2D eigenvalue weighted by molar-refractivity contribution is 5.89. The Morgan fingerprint density at radius 1 is 1.33 bits per heavy atom. The lowest BCUT2D eigenvalue weighted by Crippen LogP contribution is -2.20. The molecule has 1 aromatic rings. The molecule has 1 unspecified atom stereocenters. The van der Waals surface area contributed by atoms with Gasteiger partial charge in [0.25, 0.3) is 0 Å². The number of phenolic OH excluding ortho intramolecular Hbond substituents is 1. The maximum Gasteiger partial charge on any atom is 0.338 e. The molecule has 0 fully saturated rings. The van der Waals surface area contributed by atoms with Crippen LogP contribution in [0, 0.1) is 0 Å². The molecule has 1 atom stereocenters. The molecule has 0 aliphatic rings. The lowest BCUT2D eigenvalue weighted by Gasteiger charge is -2.13. The number of ether oxygens (including phenoxy) is 2. The van der Waals surface area contributed by atoms with Crippen LogP contribution in [0.3, 0.4) is 0 Å². The van der Waals surface area contributed by atoms with Gasteiger partial charge < -0.3 is 14.6 Å². The van der Waals surface area contributed by atoms with E-state index >= 15 is 0 Å². The van der Waals surface area contributed by atoms with E-state index in [4.69, 9.17) is 14.6 Å². The number of rotatable bonds is 7. The number of hydrogen-bond donors (Lipinski definition) is 1. The Labute approximate surface area is 108 Å². The Morgan fingerprint density at radius 2 is 2.00 bits per heavy atom. The van der Waals surface area contributed by atoms with Gasteiger partial charge in [-0.2, -0.15) is 0 Å². The fourth-order valence-electron chi connectivity index (χ4n) is 1.38. The van der Waals surface area contributed by atoms with Gasteiger partial charge in [-0.05, 0) is 37.6 Å². The van der Waals surface area contributed by atoms with Gasteiger partial charge in [-0.3, -0.25) is 0 Å². The fraction of sp³-hybridized carbons (Fsp3) is 0.500. The van der Waals surface area contributed by atoms with Gasteiger partial charge in [0.15, 0.2) is 0 Å². The molecular formula is C14H20O4. The highest BCUT2D eigenvalue weighted by atomic mass is 16.6. The zero-order chi connectivity index (χ0) is 13.4. The number of esters is 1. The fourth-order valence-corrected chi connectivity index (χ4v) is 1.38. The SMILES string of the molecule is CCCCOCC(C)OC(=O)c1ccc(O)cc1. The van der Waals surface area contributed by atoms with Crippen molar-refractivity contribution in [2.45, 2.75) is 32.8 Å². The molecule has 0 saturated heterocycles. The van der Waals surface area contributed by atoms with E-state index in [1.165, 1.54) is 24.3 Å². The van der Waals surface area contributed by atoms with Gasteiger partial charge >= 0.3 is 5.97 Å². The Morgan fingerprint density at radius 3 is 2.61 bits per heavy atom. The van der Waals surface area contributed by atoms with Crippen LogP contribution < -0.4 is 0 Å². The van der Waals surface area contributed by atoms with Crippen molar-refractivity contribution in [3.63, 3.8) is 0 Å². The summed E-state index contributed by atoms with van der Waals surface area (Å²) in [5, 5.41) is 9.11. The number of phenols is 1. The maximum absolute atomic E-state index is 11.7. The molecule has 18 heavy (non-hydrogen) atoms. The molecule has 0 aromatic heterocycles. The van der Waals surface area contributed by atoms with E-state index < -0.39 is 5.97 Å². The van der Waals surface area contributed by atoms with E-state index in [2.05, 4.69) is 6.92 Å². The van der Waals surface area contributed by atoms with Crippen molar-refractivity contribution in [1.29, 1.82) is 0 Å². The molecule has 0 saturated carbocycles. The first kappa shape index (κ1) is 14.5. The molecule has 0 aliphatic carbocycles. The van der Waals surface area contributed by atoms with Gasteiger partial charge in [0.05, 0.1) is 12.2 Å². The molecule has 0 bridgehead atoms. The number of benzene rings is 1. The van der Waals surface area contributed by atoms with E-state index in [1.54, 1.807) is 6.92 Å². The maximum atomic E-state index is 11.7. The third-order valence-electron chi connectivity index (χ3n) is 2.41. The Kier molecular flexibility index (Phi) is 6.22. The Bertz CT molecular complexity index is 359. The Hall–Kier alpha value is -1.55. The Balaban J connectivity index is 2.33. The molecule has 4 nitrogen and oxygen atoms in total. The average molecular weight is 252 g/mol. The molecule has 1 N–H and O–H groups in total. The lowest BCUT2D eigenvalue weighted by atomic mass is 10.2. The second-order valence-corrected chi connectivity index (χ2v) is 4.19. The van der Waals surface area contributed by atoms with Crippen LogP contribution in [0.1, 0.15) is 37.0 Å². The number of carbonyl (C=O) groups excluding carboxylic acids is 1. The smallest absolute Gasteiger partial charge is 0.338 e. The number of carbonyl (C=O) groups is 1. The third-order valence-corrected chi connectivity index (χ3v) is 2.41. The third kappa shape index (κ3) is 5.19. The first-order valence-corrected chi connectivity index (χ1v) is 6.21. The van der Waals surface area contributed by atoms with Crippen molar-refractivity contribution in [1.82, 2.24) is 0 Å². The van der Waals surface area contributed by atoms with Crippen LogP contribution in [0.2, 0.25) is 0 Å². The van der Waals surface area contributed by atoms with E-state index in [9.17, 15) is 4.79 Å². The van der Waals surface area contributed by atoms with Gasteiger partial charge in [0.2, 0.25) is 0 Å². The summed E-state index contributed by atoms with van der Waals surface area (Å²) in [4.78, 5) is 11.7. The van der Waals surface area contributed by atoms with Crippen molar-refractivity contribution in [3.8, 4) is 5.75 Å². The van der Waals surface area contributed by atoms with Crippen molar-refractivity contribution in [2.24, 2.45) is 0 Å². The first-order chi connectivity index (χ1) is 8.63. The van der Waals surface area contributed by atoms with E-state index in [1.807, 2.05) is 0 Å². The van der Waals surface area contributed by atoms with Crippen molar-refractivity contribution >= 4 is 5.97 Å². The second-order valence-electron chi connectivity index (χ2n) is 4.19. The largest absolute Gasteiger partial charge is 0.508 e. The van der Waals surface area contributed by atoms with Crippen molar-refractivity contribution in [3.05, 3.63) is 29.8 Å². The summed E-state index contributed by atoms with van der Waals surface area (Å²) >= 11 is 0. The normalized spacial score (nSPS) is 12.1. The standard InChI is InChI=1S/C14H20O4/c1-3-4-9-17-10-11(2)18-14(16)12-5-7-13(15)8-6-12/h5-8,11,15H,3-4,9-10H2,1-2H3. The predicted octanol–water partition coefficient (Wildman–Crippen LogP) is 2.75. The van der Waals surface area contributed by atoms with Crippen LogP contribution in [0.5, 0.6) is 5.75 Å². The van der Waals surface area contributed by atoms with E-state index in [0.29, 0.717) is 18.8 Å². The average Bonchev–Trinajstić information content (AvgIpc) is 2.35. The van der Waals surface area contributed by atoms with Gasteiger partial charge in [0, 0.05) is 6.61 Å². The summed E-state index contributed by atoms with van der Waals surface area (Å²) < 4.78 is 10.6. The second kappa shape index (κ2) is 7.71. The topological polar surface area (TPSA) is 55.8 Å². The van der Waals surface area contributed by atoms with Crippen LogP contribution in [0.4, 0.5) is 0 Å². The van der Waals surface area contributed by atoms with Gasteiger partial charge in [-0.25, -0.2) is 4.79 Å². The van der Waals surface area contributed by atoms with Crippen molar-refractivity contribution < 1.29 is 19.4 Å². The van der Waals surface area contributed by atoms with E-state index in [-0.39, 0.29) is 11.9 Å². The van der Waals surface area contributed by atoms with E-state index in [0.717, 1.165) is 12.8 Å². The minimum Gasteiger partial charge on any atom is -0.508 e. The lowest BCUT2D eigenvalue weighted by molar-refractivity contribution is 0.00169. The molecule has 100 valence electrons. The predicted molar refractivity (Wildman–Crippen MR) is 68.7 cm³/mol. The van der Waals surface area contributed by atoms with Gasteiger partial charge in [-0.1, -0.05) is 13.3 Å². The van der Waals surface area contributed by atoms with Crippen LogP contribution in [0.15, 0.2) is 24.3 Å². The van der Waals surface area contributed by atoms with Crippen LogP contribution in [-0.2, 0) is 9.47 Å². The number of aromatic hydroxyl groups is 1. The summed E-state index contributed by atoms with van der Waals surface area (Å²) in [5.74, 6) is -0.274. The summed E-state index contributed by atoms with van der Waals surface area (Å²) in [6.07, 6.45) is 1.82. The molecule has 0 heterocycles. The highest BCUT2D eigenvalue weighted by Gasteiger charge is 2.11. The van der Waals surface area contributed by atoms with Crippen molar-refractivity contribution in [2.75, 3.05) is 13.2 Å². The van der Waals surface area contributed by atoms with Crippen LogP contribution in [-0.4, -0.2) is 30.4 Å². The zero-order valence-electron chi connectivity index (χ0n) is 10.9. The van der Waals surface area contributed by atoms with Crippen LogP contribution >= 0.6 is 0 Å². The zero-order valence-corrected chi connectivity index (χ0v) is 10.9. The molecule has 0 radical (unpaired) electrons. The molecule has 0 aliphatic heterocycles. The molecule has 1 rings (SSSR count). The van der Waals surface area contributed by atoms with Crippen LogP contribution in [0.25, 0.3) is 0 Å². The molecular weight excluding hydrogens is 232 g/mol. The number of unbranched alkanes of at least 4 members (excludes halogenated alkanes) is 1. The molecule has 4 heteroatoms. The highest BCUT2D eigenvalue weighted by Crippen LogP contribution is 2.11. The monoisotopic (exact) mass is 252 g/mol. The van der Waals surface area contributed by atoms with Gasteiger partial charge in [0.1, 0.15) is 11.9 Å². The van der Waals surface area contributed by atoms with Gasteiger partial charge in [-0.15, -0.1) is 0 Å². The minimum atomic E-state index is -0.401. The number of hydrogen-bond acceptors (Lipinski definition) is 4. The summed E-state index contributed by atoms with van der Waals surface area (Å²) in [5.41, 5.74) is 0.424. The minimum absolute atomic E-state index is 0.127.